The van der Waals surface area contributed by atoms with Crippen molar-refractivity contribution >= 4 is 5.97 Å². The third kappa shape index (κ3) is 0.805. The van der Waals surface area contributed by atoms with Gasteiger partial charge in [0.15, 0.2) is 0 Å². The van der Waals surface area contributed by atoms with Crippen molar-refractivity contribution in [3.05, 3.63) is 0 Å². The number of nitrogens with zero attached hydrogens (tertiary/aromatic N) is 1. The van der Waals surface area contributed by atoms with E-state index in [1.54, 1.807) is 0 Å². The zero-order valence-electron chi connectivity index (χ0n) is 6.71. The molecule has 2 unspecified atom stereocenters. The van der Waals surface area contributed by atoms with Crippen LogP contribution in [0.2, 0.25) is 0 Å². The average molecular weight is 155 g/mol. The first-order valence-corrected chi connectivity index (χ1v) is 4.15. The maximum Gasteiger partial charge on any atom is 0.311 e. The Labute approximate surface area is 66.0 Å². The summed E-state index contributed by atoms with van der Waals surface area (Å²) >= 11 is 0. The van der Waals surface area contributed by atoms with Crippen LogP contribution in [0.25, 0.3) is 0 Å². The van der Waals surface area contributed by atoms with Gasteiger partial charge >= 0.3 is 5.97 Å². The second-order valence-corrected chi connectivity index (χ2v) is 3.69. The lowest BCUT2D eigenvalue weighted by molar-refractivity contribution is -0.143. The van der Waals surface area contributed by atoms with Crippen LogP contribution in [0.5, 0.6) is 0 Å². The van der Waals surface area contributed by atoms with Crippen LogP contribution in [0.1, 0.15) is 13.3 Å². The Kier molecular flexibility index (Phi) is 1.27. The zero-order chi connectivity index (χ0) is 8.06. The Bertz CT molecular complexity index is 204. The molecule has 0 aromatic heterocycles. The van der Waals surface area contributed by atoms with Crippen molar-refractivity contribution < 1.29 is 9.90 Å². The van der Waals surface area contributed by atoms with Crippen LogP contribution in [0.3, 0.4) is 0 Å². The monoisotopic (exact) mass is 155 g/mol. The molecule has 1 N–H and O–H groups in total. The highest BCUT2D eigenvalue weighted by atomic mass is 16.4. The van der Waals surface area contributed by atoms with E-state index >= 15 is 0 Å². The van der Waals surface area contributed by atoms with E-state index in [1.165, 1.54) is 0 Å². The highest BCUT2D eigenvalue weighted by molar-refractivity contribution is 5.79. The molecule has 11 heavy (non-hydrogen) atoms. The summed E-state index contributed by atoms with van der Waals surface area (Å²) in [5.41, 5.74) is -0.323. The van der Waals surface area contributed by atoms with Gasteiger partial charge in [-0.1, -0.05) is 6.92 Å². The average Bonchev–Trinajstić information content (AvgIpc) is 2.56. The van der Waals surface area contributed by atoms with E-state index in [4.69, 9.17) is 5.11 Å². The lowest BCUT2D eigenvalue weighted by Gasteiger charge is -2.15. The van der Waals surface area contributed by atoms with Crippen molar-refractivity contribution in [2.75, 3.05) is 19.6 Å². The summed E-state index contributed by atoms with van der Waals surface area (Å²) in [6.07, 6.45) is 0.916. The predicted octanol–water partition coefficient (Wildman–Crippen LogP) is 0.413. The van der Waals surface area contributed by atoms with Crippen molar-refractivity contribution in [3.63, 3.8) is 0 Å². The molecule has 1 aliphatic carbocycles. The molecule has 2 fully saturated rings. The quantitative estimate of drug-likeness (QED) is 0.628. The fourth-order valence-electron chi connectivity index (χ4n) is 2.16. The van der Waals surface area contributed by atoms with Crippen LogP contribution in [-0.4, -0.2) is 35.6 Å². The van der Waals surface area contributed by atoms with E-state index in [0.717, 1.165) is 26.1 Å². The SMILES string of the molecule is CCN1CC2CC2(C(=O)O)C1. The van der Waals surface area contributed by atoms with Crippen LogP contribution in [0.15, 0.2) is 0 Å². The first-order chi connectivity index (χ1) is 5.19. The Balaban J connectivity index is 2.07. The highest BCUT2D eigenvalue weighted by Crippen LogP contribution is 2.57. The van der Waals surface area contributed by atoms with Gasteiger partial charge in [0.1, 0.15) is 0 Å². The molecule has 62 valence electrons. The van der Waals surface area contributed by atoms with Crippen molar-refractivity contribution in [2.24, 2.45) is 11.3 Å². The van der Waals surface area contributed by atoms with Crippen LogP contribution >= 0.6 is 0 Å². The molecule has 3 nitrogen and oxygen atoms in total. The topological polar surface area (TPSA) is 40.5 Å². The first kappa shape index (κ1) is 7.10. The van der Waals surface area contributed by atoms with Crippen LogP contribution in [-0.2, 0) is 4.79 Å². The van der Waals surface area contributed by atoms with Crippen molar-refractivity contribution in [2.45, 2.75) is 13.3 Å². The van der Waals surface area contributed by atoms with E-state index in [0.29, 0.717) is 5.92 Å². The van der Waals surface area contributed by atoms with Crippen LogP contribution < -0.4 is 0 Å². The molecule has 0 aromatic rings. The fraction of sp³-hybridized carbons (Fsp3) is 0.875. The minimum atomic E-state index is -0.585. The molecule has 1 heterocycles. The molecule has 1 saturated carbocycles. The summed E-state index contributed by atoms with van der Waals surface area (Å²) in [6, 6.07) is 0. The van der Waals surface area contributed by atoms with Crippen LogP contribution in [0, 0.1) is 11.3 Å². The van der Waals surface area contributed by atoms with Gasteiger partial charge in [-0.2, -0.15) is 0 Å². The van der Waals surface area contributed by atoms with E-state index in [2.05, 4.69) is 11.8 Å². The second kappa shape index (κ2) is 1.97. The molecule has 3 heteroatoms. The summed E-state index contributed by atoms with van der Waals surface area (Å²) in [5.74, 6) is -0.126. The molecule has 0 amide bonds. The van der Waals surface area contributed by atoms with Gasteiger partial charge < -0.3 is 10.0 Å². The standard InChI is InChI=1S/C8H13NO2/c1-2-9-4-6-3-8(6,5-9)7(10)11/h6H,2-5H2,1H3,(H,10,11). The Morgan fingerprint density at radius 2 is 2.55 bits per heavy atom. The molecule has 0 aromatic carbocycles. The van der Waals surface area contributed by atoms with Gasteiger partial charge in [0.05, 0.1) is 5.41 Å². The summed E-state index contributed by atoms with van der Waals surface area (Å²) in [4.78, 5) is 13.0. The van der Waals surface area contributed by atoms with Crippen LogP contribution in [0.4, 0.5) is 0 Å². The third-order valence-corrected chi connectivity index (χ3v) is 3.09. The van der Waals surface area contributed by atoms with E-state index < -0.39 is 5.97 Å². The largest absolute Gasteiger partial charge is 0.481 e. The molecule has 0 radical (unpaired) electrons. The Hall–Kier alpha value is -0.570. The third-order valence-electron chi connectivity index (χ3n) is 3.09. The number of piperidine rings is 1. The van der Waals surface area contributed by atoms with Gasteiger partial charge in [-0.05, 0) is 18.9 Å². The van der Waals surface area contributed by atoms with E-state index in [-0.39, 0.29) is 5.41 Å². The number of rotatable bonds is 2. The van der Waals surface area contributed by atoms with Crippen molar-refractivity contribution in [1.29, 1.82) is 0 Å². The second-order valence-electron chi connectivity index (χ2n) is 3.69. The Morgan fingerprint density at radius 1 is 1.82 bits per heavy atom. The predicted molar refractivity (Wildman–Crippen MR) is 40.3 cm³/mol. The van der Waals surface area contributed by atoms with Crippen molar-refractivity contribution in [1.82, 2.24) is 4.90 Å². The van der Waals surface area contributed by atoms with Gasteiger partial charge in [-0.25, -0.2) is 0 Å². The number of carbonyl (C=O) groups is 1. The number of likely N-dealkylation sites (tertiary alicyclic amines) is 1. The Morgan fingerprint density at radius 3 is 2.91 bits per heavy atom. The molecule has 1 saturated heterocycles. The molecular weight excluding hydrogens is 142 g/mol. The molecule has 0 bridgehead atoms. The van der Waals surface area contributed by atoms with Gasteiger partial charge in [-0.15, -0.1) is 0 Å². The number of hydrogen-bond donors (Lipinski definition) is 1. The van der Waals surface area contributed by atoms with Crippen molar-refractivity contribution in [3.8, 4) is 0 Å². The minimum absolute atomic E-state index is 0.323. The number of aliphatic carboxylic acids is 1. The highest BCUT2D eigenvalue weighted by Gasteiger charge is 2.64. The minimum Gasteiger partial charge on any atom is -0.481 e. The molecule has 2 atom stereocenters. The van der Waals surface area contributed by atoms with E-state index in [1.807, 2.05) is 0 Å². The molecular formula is C8H13NO2. The lowest BCUT2D eigenvalue weighted by atomic mass is 10.1. The number of carboxylic acids is 1. The number of hydrogen-bond acceptors (Lipinski definition) is 2. The zero-order valence-corrected chi connectivity index (χ0v) is 6.71. The fourth-order valence-corrected chi connectivity index (χ4v) is 2.16. The summed E-state index contributed by atoms with van der Waals surface area (Å²) in [7, 11) is 0. The van der Waals surface area contributed by atoms with E-state index in [9.17, 15) is 4.79 Å². The maximum atomic E-state index is 10.8. The van der Waals surface area contributed by atoms with Gasteiger partial charge in [-0.3, -0.25) is 4.79 Å². The summed E-state index contributed by atoms with van der Waals surface area (Å²) < 4.78 is 0. The van der Waals surface area contributed by atoms with Gasteiger partial charge in [0.25, 0.3) is 0 Å². The number of carboxylic acid groups (broad SMARTS) is 1. The van der Waals surface area contributed by atoms with Gasteiger partial charge in [0, 0.05) is 13.1 Å². The summed E-state index contributed by atoms with van der Waals surface area (Å²) in [5, 5.41) is 8.90. The first-order valence-electron chi connectivity index (χ1n) is 4.15. The normalized spacial score (nSPS) is 42.1. The maximum absolute atomic E-state index is 10.8. The molecule has 2 rings (SSSR count). The number of fused-ring (bicyclic) bond motifs is 1. The molecule has 1 aliphatic heterocycles. The molecule has 0 spiro atoms. The smallest absolute Gasteiger partial charge is 0.311 e. The molecule has 2 aliphatic rings. The lowest BCUT2D eigenvalue weighted by Crippen LogP contribution is -2.28. The summed E-state index contributed by atoms with van der Waals surface area (Å²) in [6.45, 7) is 4.86. The van der Waals surface area contributed by atoms with Gasteiger partial charge in [0.2, 0.25) is 0 Å².